The first kappa shape index (κ1) is 11.7. The maximum Gasteiger partial charge on any atom is 0.354 e. The number of ketones is 1. The van der Waals surface area contributed by atoms with Crippen LogP contribution in [0.25, 0.3) is 0 Å². The molecule has 17 heavy (non-hydrogen) atoms. The number of hydrogen-bond donors (Lipinski definition) is 2. The van der Waals surface area contributed by atoms with E-state index < -0.39 is 36.1 Å². The van der Waals surface area contributed by atoms with Gasteiger partial charge in [-0.2, -0.15) is 0 Å². The average molecular weight is 243 g/mol. The van der Waals surface area contributed by atoms with Gasteiger partial charge in [-0.3, -0.25) is 9.59 Å². The molecule has 1 atom stereocenters. The second-order valence-corrected chi connectivity index (χ2v) is 3.79. The smallest absolute Gasteiger partial charge is 0.354 e. The van der Waals surface area contributed by atoms with Gasteiger partial charge < -0.3 is 10.8 Å². The Labute approximate surface area is 95.2 Å². The predicted octanol–water partition coefficient (Wildman–Crippen LogP) is -1.74. The number of aliphatic carboxylic acids is 1. The highest BCUT2D eigenvalue weighted by atomic mass is 19.1. The van der Waals surface area contributed by atoms with Crippen molar-refractivity contribution >= 4 is 17.7 Å². The van der Waals surface area contributed by atoms with Crippen LogP contribution in [0.4, 0.5) is 4.39 Å². The van der Waals surface area contributed by atoms with Gasteiger partial charge in [-0.25, -0.2) is 19.2 Å². The van der Waals surface area contributed by atoms with Gasteiger partial charge in [-0.15, -0.1) is 0 Å². The third kappa shape index (κ3) is 1.61. The standard InChI is InChI=1S/C9H10FN3O4/c10-1-6(14)4-2-12-3-5(11)8(15)13(12)7(4)9(16)17/h5H,1-3,11H2,(H,16,17). The average Bonchev–Trinajstić information content (AvgIpc) is 2.76. The van der Waals surface area contributed by atoms with Crippen LogP contribution in [-0.2, 0) is 14.4 Å². The van der Waals surface area contributed by atoms with Crippen LogP contribution in [-0.4, -0.2) is 58.6 Å². The molecule has 2 rings (SSSR count). The van der Waals surface area contributed by atoms with Crippen LogP contribution < -0.4 is 5.73 Å². The molecule has 1 amide bonds. The van der Waals surface area contributed by atoms with Crippen LogP contribution >= 0.6 is 0 Å². The van der Waals surface area contributed by atoms with Gasteiger partial charge >= 0.3 is 5.97 Å². The number of nitrogens with zero attached hydrogens (tertiary/aromatic N) is 2. The van der Waals surface area contributed by atoms with Crippen molar-refractivity contribution in [3.05, 3.63) is 11.3 Å². The van der Waals surface area contributed by atoms with Crippen LogP contribution in [0.5, 0.6) is 0 Å². The lowest BCUT2D eigenvalue weighted by atomic mass is 10.1. The number of amides is 1. The number of carboxylic acids is 1. The minimum Gasteiger partial charge on any atom is -0.477 e. The highest BCUT2D eigenvalue weighted by Gasteiger charge is 2.47. The number of halogens is 1. The summed E-state index contributed by atoms with van der Waals surface area (Å²) in [7, 11) is 0. The lowest BCUT2D eigenvalue weighted by molar-refractivity contribution is -0.143. The topological polar surface area (TPSA) is 104 Å². The van der Waals surface area contributed by atoms with E-state index in [4.69, 9.17) is 10.8 Å². The summed E-state index contributed by atoms with van der Waals surface area (Å²) < 4.78 is 12.3. The van der Waals surface area contributed by atoms with Crippen LogP contribution in [0.3, 0.4) is 0 Å². The first-order valence-electron chi connectivity index (χ1n) is 4.87. The fourth-order valence-electron chi connectivity index (χ4n) is 1.98. The molecular formula is C9H10FN3O4. The molecule has 0 radical (unpaired) electrons. The Hall–Kier alpha value is -1.80. The number of carbonyl (C=O) groups is 3. The number of hydrogen-bond acceptors (Lipinski definition) is 5. The molecule has 2 heterocycles. The van der Waals surface area contributed by atoms with Gasteiger partial charge in [-0.05, 0) is 0 Å². The van der Waals surface area contributed by atoms with Crippen molar-refractivity contribution in [1.82, 2.24) is 10.0 Å². The Morgan fingerprint density at radius 1 is 1.53 bits per heavy atom. The molecule has 0 saturated carbocycles. The third-order valence-corrected chi connectivity index (χ3v) is 2.72. The number of alkyl halides is 1. The SMILES string of the molecule is NC1CN2CC(C(=O)CF)=C(C(=O)O)N2C1=O. The second-order valence-electron chi connectivity index (χ2n) is 3.79. The molecule has 0 aromatic rings. The zero-order valence-electron chi connectivity index (χ0n) is 8.72. The molecule has 1 saturated heterocycles. The zero-order valence-corrected chi connectivity index (χ0v) is 8.72. The van der Waals surface area contributed by atoms with E-state index in [0.717, 1.165) is 5.01 Å². The quantitative estimate of drug-likeness (QED) is 0.610. The maximum atomic E-state index is 12.3. The maximum absolute atomic E-state index is 12.3. The summed E-state index contributed by atoms with van der Waals surface area (Å²) in [6, 6.07) is -0.814. The lowest BCUT2D eigenvalue weighted by Gasteiger charge is -2.19. The molecule has 0 aromatic carbocycles. The van der Waals surface area contributed by atoms with Crippen molar-refractivity contribution in [3.8, 4) is 0 Å². The molecule has 0 bridgehead atoms. The number of rotatable bonds is 3. The Balaban J connectivity index is 2.43. The summed E-state index contributed by atoms with van der Waals surface area (Å²) in [5.74, 6) is -2.95. The van der Waals surface area contributed by atoms with E-state index in [1.807, 2.05) is 0 Å². The van der Waals surface area contributed by atoms with Crippen molar-refractivity contribution in [2.75, 3.05) is 19.8 Å². The van der Waals surface area contributed by atoms with Crippen molar-refractivity contribution in [1.29, 1.82) is 0 Å². The fourth-order valence-corrected chi connectivity index (χ4v) is 1.98. The molecule has 7 nitrogen and oxygen atoms in total. The van der Waals surface area contributed by atoms with E-state index >= 15 is 0 Å². The number of hydrazine groups is 1. The van der Waals surface area contributed by atoms with E-state index in [1.165, 1.54) is 5.01 Å². The first-order valence-corrected chi connectivity index (χ1v) is 4.87. The molecule has 0 aliphatic carbocycles. The second kappa shape index (κ2) is 3.90. The molecule has 92 valence electrons. The monoisotopic (exact) mass is 243 g/mol. The number of carboxylic acid groups (broad SMARTS) is 1. The van der Waals surface area contributed by atoms with E-state index in [2.05, 4.69) is 0 Å². The van der Waals surface area contributed by atoms with Gasteiger partial charge in [0.05, 0.1) is 0 Å². The number of carbonyl (C=O) groups excluding carboxylic acids is 2. The van der Waals surface area contributed by atoms with Gasteiger partial charge in [0, 0.05) is 18.7 Å². The van der Waals surface area contributed by atoms with Crippen LogP contribution in [0.15, 0.2) is 11.3 Å². The Kier molecular flexibility index (Phi) is 2.68. The van der Waals surface area contributed by atoms with Gasteiger partial charge in [0.25, 0.3) is 5.91 Å². The first-order chi connectivity index (χ1) is 7.97. The Bertz CT molecular complexity index is 448. The number of nitrogens with two attached hydrogens (primary N) is 1. The van der Waals surface area contributed by atoms with E-state index in [9.17, 15) is 18.8 Å². The molecule has 1 unspecified atom stereocenters. The fraction of sp³-hybridized carbons (Fsp3) is 0.444. The van der Waals surface area contributed by atoms with Crippen LogP contribution in [0.1, 0.15) is 0 Å². The number of fused-ring (bicyclic) bond motifs is 1. The zero-order chi connectivity index (χ0) is 12.7. The molecule has 2 aliphatic rings. The van der Waals surface area contributed by atoms with Gasteiger partial charge in [0.15, 0.2) is 18.2 Å². The number of Topliss-reactive ketones (excluding diaryl/α,β-unsaturated/α-hetero) is 1. The molecular weight excluding hydrogens is 233 g/mol. The molecule has 1 fully saturated rings. The summed E-state index contributed by atoms with van der Waals surface area (Å²) in [4.78, 5) is 33.9. The lowest BCUT2D eigenvalue weighted by Crippen LogP contribution is -2.37. The van der Waals surface area contributed by atoms with Crippen molar-refractivity contribution in [2.45, 2.75) is 6.04 Å². The summed E-state index contributed by atoms with van der Waals surface area (Å²) in [5, 5.41) is 11.2. The predicted molar refractivity (Wildman–Crippen MR) is 52.0 cm³/mol. The summed E-state index contributed by atoms with van der Waals surface area (Å²) in [6.45, 7) is -1.25. The minimum absolute atomic E-state index is 0.0934. The van der Waals surface area contributed by atoms with Crippen molar-refractivity contribution in [2.24, 2.45) is 5.73 Å². The van der Waals surface area contributed by atoms with E-state index in [-0.39, 0.29) is 18.7 Å². The molecule has 2 aliphatic heterocycles. The third-order valence-electron chi connectivity index (χ3n) is 2.72. The normalized spacial score (nSPS) is 24.5. The van der Waals surface area contributed by atoms with Crippen LogP contribution in [0, 0.1) is 0 Å². The van der Waals surface area contributed by atoms with Gasteiger partial charge in [0.1, 0.15) is 6.04 Å². The van der Waals surface area contributed by atoms with Gasteiger partial charge in [-0.1, -0.05) is 0 Å². The minimum atomic E-state index is -1.44. The molecule has 0 spiro atoms. The molecule has 3 N–H and O–H groups in total. The highest BCUT2D eigenvalue weighted by Crippen LogP contribution is 2.29. The van der Waals surface area contributed by atoms with Crippen molar-refractivity contribution < 1.29 is 23.9 Å². The Morgan fingerprint density at radius 2 is 2.18 bits per heavy atom. The molecule has 0 aromatic heterocycles. The summed E-state index contributed by atoms with van der Waals surface area (Å²) >= 11 is 0. The Morgan fingerprint density at radius 3 is 2.71 bits per heavy atom. The van der Waals surface area contributed by atoms with E-state index in [0.29, 0.717) is 0 Å². The van der Waals surface area contributed by atoms with Crippen molar-refractivity contribution in [3.63, 3.8) is 0 Å². The molecule has 8 heteroatoms. The van der Waals surface area contributed by atoms with Crippen LogP contribution in [0.2, 0.25) is 0 Å². The summed E-state index contributed by atoms with van der Waals surface area (Å²) in [6.07, 6.45) is 0. The highest BCUT2D eigenvalue weighted by molar-refractivity contribution is 6.07. The van der Waals surface area contributed by atoms with E-state index in [1.54, 1.807) is 0 Å². The summed E-state index contributed by atoms with van der Waals surface area (Å²) in [5.41, 5.74) is 4.80. The largest absolute Gasteiger partial charge is 0.477 e. The van der Waals surface area contributed by atoms with Gasteiger partial charge in [0.2, 0.25) is 0 Å².